The lowest BCUT2D eigenvalue weighted by Crippen LogP contribution is -2.52. The topological polar surface area (TPSA) is 88.1 Å². The second kappa shape index (κ2) is 6.45. The van der Waals surface area contributed by atoms with Crippen LogP contribution in [0.5, 0.6) is 0 Å². The lowest BCUT2D eigenvalue weighted by atomic mass is 10.1. The molecule has 2 aromatic rings. The molecule has 3 N–H and O–H groups in total. The van der Waals surface area contributed by atoms with Gasteiger partial charge in [-0.15, -0.1) is 0 Å². The number of hydrogen-bond donors (Lipinski definition) is 3. The van der Waals surface area contributed by atoms with Crippen molar-refractivity contribution in [1.82, 2.24) is 20.4 Å². The Bertz CT molecular complexity index is 783. The molecule has 7 heteroatoms. The van der Waals surface area contributed by atoms with Crippen molar-refractivity contribution in [2.45, 2.75) is 39.5 Å². The number of aromatic nitrogens is 2. The number of carbonyl (C=O) groups is 2. The molecular formula is C17H21N5O2. The van der Waals surface area contributed by atoms with E-state index in [4.69, 9.17) is 0 Å². The van der Waals surface area contributed by atoms with Crippen molar-refractivity contribution in [3.63, 3.8) is 0 Å². The van der Waals surface area contributed by atoms with Gasteiger partial charge in [-0.2, -0.15) is 5.10 Å². The Morgan fingerprint density at radius 2 is 2.12 bits per heavy atom. The first-order chi connectivity index (χ1) is 11.4. The summed E-state index contributed by atoms with van der Waals surface area (Å²) in [4.78, 5) is 24.3. The van der Waals surface area contributed by atoms with E-state index in [9.17, 15) is 9.59 Å². The van der Waals surface area contributed by atoms with Crippen molar-refractivity contribution < 1.29 is 9.59 Å². The minimum absolute atomic E-state index is 0.0357. The normalized spacial score (nSPS) is 20.5. The summed E-state index contributed by atoms with van der Waals surface area (Å²) in [6, 6.07) is 9.18. The summed E-state index contributed by atoms with van der Waals surface area (Å²) in [5, 5.41) is 13.4. The Morgan fingerprint density at radius 1 is 1.33 bits per heavy atom. The highest BCUT2D eigenvalue weighted by molar-refractivity contribution is 6.04. The quantitative estimate of drug-likeness (QED) is 0.801. The van der Waals surface area contributed by atoms with Crippen LogP contribution in [0.3, 0.4) is 0 Å². The van der Waals surface area contributed by atoms with Crippen LogP contribution in [0.1, 0.15) is 41.2 Å². The first-order valence-corrected chi connectivity index (χ1v) is 7.92. The van der Waals surface area contributed by atoms with Gasteiger partial charge in [-0.1, -0.05) is 17.7 Å². The molecule has 1 saturated heterocycles. The molecule has 7 nitrogen and oxygen atoms in total. The number of hydrogen-bond acceptors (Lipinski definition) is 4. The van der Waals surface area contributed by atoms with E-state index in [1.54, 1.807) is 16.8 Å². The fraction of sp³-hybridized carbons (Fsp3) is 0.353. The molecule has 0 aliphatic carbocycles. The van der Waals surface area contributed by atoms with E-state index in [2.05, 4.69) is 21.0 Å². The summed E-state index contributed by atoms with van der Waals surface area (Å²) in [5.41, 5.74) is 2.35. The van der Waals surface area contributed by atoms with E-state index in [1.165, 1.54) is 0 Å². The maximum absolute atomic E-state index is 12.5. The SMILES string of the molecule is Cc1cccc(C(=O)Nc2cc(C)nn2C2NC(=O)CC(C)N2)c1. The van der Waals surface area contributed by atoms with E-state index < -0.39 is 6.29 Å². The number of aryl methyl sites for hydroxylation is 2. The first-order valence-electron chi connectivity index (χ1n) is 7.92. The highest BCUT2D eigenvalue weighted by Gasteiger charge is 2.26. The molecule has 0 bridgehead atoms. The third-order valence-corrected chi connectivity index (χ3v) is 3.86. The van der Waals surface area contributed by atoms with Gasteiger partial charge in [0, 0.05) is 24.1 Å². The molecule has 0 spiro atoms. The van der Waals surface area contributed by atoms with E-state index in [0.717, 1.165) is 11.3 Å². The smallest absolute Gasteiger partial charge is 0.256 e. The molecule has 1 aromatic carbocycles. The highest BCUT2D eigenvalue weighted by Crippen LogP contribution is 2.18. The first kappa shape index (κ1) is 16.2. The maximum atomic E-state index is 12.5. The predicted octanol–water partition coefficient (Wildman–Crippen LogP) is 1.71. The van der Waals surface area contributed by atoms with Gasteiger partial charge in [0.1, 0.15) is 5.82 Å². The Labute approximate surface area is 140 Å². The minimum Gasteiger partial charge on any atom is -0.322 e. The molecule has 2 heterocycles. The fourth-order valence-electron chi connectivity index (χ4n) is 2.77. The van der Waals surface area contributed by atoms with Crippen LogP contribution >= 0.6 is 0 Å². The van der Waals surface area contributed by atoms with Crippen molar-refractivity contribution in [3.05, 3.63) is 47.2 Å². The number of rotatable bonds is 3. The number of anilines is 1. The van der Waals surface area contributed by atoms with E-state index in [0.29, 0.717) is 17.8 Å². The maximum Gasteiger partial charge on any atom is 0.256 e. The van der Waals surface area contributed by atoms with Crippen LogP contribution in [0.25, 0.3) is 0 Å². The Morgan fingerprint density at radius 3 is 2.83 bits per heavy atom. The second-order valence-corrected chi connectivity index (χ2v) is 6.18. The molecule has 2 unspecified atom stereocenters. The van der Waals surface area contributed by atoms with Gasteiger partial charge in [-0.3, -0.25) is 14.9 Å². The van der Waals surface area contributed by atoms with Crippen LogP contribution in [0.15, 0.2) is 30.3 Å². The fourth-order valence-corrected chi connectivity index (χ4v) is 2.77. The number of nitrogens with one attached hydrogen (secondary N) is 3. The predicted molar refractivity (Wildman–Crippen MR) is 90.5 cm³/mol. The van der Waals surface area contributed by atoms with Crippen LogP contribution in [0.2, 0.25) is 0 Å². The van der Waals surface area contributed by atoms with Crippen molar-refractivity contribution in [2.75, 3.05) is 5.32 Å². The lowest BCUT2D eigenvalue weighted by Gasteiger charge is -2.30. The zero-order valence-corrected chi connectivity index (χ0v) is 14.0. The summed E-state index contributed by atoms with van der Waals surface area (Å²) in [6.07, 6.45) is -0.0652. The molecule has 126 valence electrons. The van der Waals surface area contributed by atoms with Gasteiger partial charge in [0.25, 0.3) is 5.91 Å². The van der Waals surface area contributed by atoms with Gasteiger partial charge in [0.05, 0.1) is 5.69 Å². The van der Waals surface area contributed by atoms with Gasteiger partial charge >= 0.3 is 0 Å². The van der Waals surface area contributed by atoms with Crippen LogP contribution in [-0.4, -0.2) is 27.6 Å². The number of nitrogens with zero attached hydrogens (tertiary/aromatic N) is 2. The van der Waals surface area contributed by atoms with E-state index in [-0.39, 0.29) is 17.9 Å². The zero-order valence-electron chi connectivity index (χ0n) is 14.0. The van der Waals surface area contributed by atoms with E-state index >= 15 is 0 Å². The van der Waals surface area contributed by atoms with Crippen molar-refractivity contribution in [2.24, 2.45) is 0 Å². The van der Waals surface area contributed by atoms with Gasteiger partial charge < -0.3 is 10.6 Å². The number of carbonyl (C=O) groups excluding carboxylic acids is 2. The standard InChI is InChI=1S/C17H21N5O2/c1-10-5-4-6-13(7-10)16(24)19-14-8-12(3)21-22(14)17-18-11(2)9-15(23)20-17/h4-8,11,17-18H,9H2,1-3H3,(H,19,24)(H,20,23). The monoisotopic (exact) mass is 327 g/mol. The molecule has 1 aliphatic heterocycles. The lowest BCUT2D eigenvalue weighted by molar-refractivity contribution is -0.125. The highest BCUT2D eigenvalue weighted by atomic mass is 16.2. The van der Waals surface area contributed by atoms with Crippen molar-refractivity contribution >= 4 is 17.6 Å². The van der Waals surface area contributed by atoms with Crippen LogP contribution in [0, 0.1) is 13.8 Å². The van der Waals surface area contributed by atoms with Crippen molar-refractivity contribution in [1.29, 1.82) is 0 Å². The van der Waals surface area contributed by atoms with Gasteiger partial charge in [0.2, 0.25) is 5.91 Å². The summed E-state index contributed by atoms with van der Waals surface area (Å²) in [5.74, 6) is 0.274. The molecule has 0 saturated carbocycles. The molecule has 0 radical (unpaired) electrons. The van der Waals surface area contributed by atoms with Crippen LogP contribution in [0.4, 0.5) is 5.82 Å². The third-order valence-electron chi connectivity index (χ3n) is 3.86. The van der Waals surface area contributed by atoms with Crippen LogP contribution in [-0.2, 0) is 4.79 Å². The van der Waals surface area contributed by atoms with E-state index in [1.807, 2.05) is 39.0 Å². The molecule has 1 fully saturated rings. The Hall–Kier alpha value is -2.67. The zero-order chi connectivity index (χ0) is 17.3. The summed E-state index contributed by atoms with van der Waals surface area (Å²) >= 11 is 0. The largest absolute Gasteiger partial charge is 0.322 e. The summed E-state index contributed by atoms with van der Waals surface area (Å²) < 4.78 is 1.59. The van der Waals surface area contributed by atoms with Crippen molar-refractivity contribution in [3.8, 4) is 0 Å². The molecule has 2 atom stereocenters. The average molecular weight is 327 g/mol. The molecule has 2 amide bonds. The number of benzene rings is 1. The molecule has 3 rings (SSSR count). The average Bonchev–Trinajstić information content (AvgIpc) is 2.87. The molecular weight excluding hydrogens is 306 g/mol. The summed E-state index contributed by atoms with van der Waals surface area (Å²) in [6.45, 7) is 5.72. The third kappa shape index (κ3) is 3.46. The summed E-state index contributed by atoms with van der Waals surface area (Å²) in [7, 11) is 0. The number of amides is 2. The van der Waals surface area contributed by atoms with Gasteiger partial charge in [0.15, 0.2) is 6.29 Å². The van der Waals surface area contributed by atoms with Gasteiger partial charge in [-0.05, 0) is 32.9 Å². The minimum atomic E-state index is -0.484. The van der Waals surface area contributed by atoms with Crippen LogP contribution < -0.4 is 16.0 Å². The molecule has 1 aliphatic rings. The molecule has 24 heavy (non-hydrogen) atoms. The Balaban J connectivity index is 1.84. The second-order valence-electron chi connectivity index (χ2n) is 6.18. The van der Waals surface area contributed by atoms with Gasteiger partial charge in [-0.25, -0.2) is 4.68 Å². The molecule has 1 aromatic heterocycles. The Kier molecular flexibility index (Phi) is 4.35.